The highest BCUT2D eigenvalue weighted by atomic mass is 32.2. The molecule has 2 aromatic carbocycles. The summed E-state index contributed by atoms with van der Waals surface area (Å²) in [4.78, 5) is 0. The Bertz CT molecular complexity index is 500. The van der Waals surface area contributed by atoms with Crippen LogP contribution in [-0.4, -0.2) is 9.32 Å². The van der Waals surface area contributed by atoms with Crippen LogP contribution in [0.2, 0.25) is 0 Å². The highest BCUT2D eigenvalue weighted by Gasteiger charge is 2.02. The lowest BCUT2D eigenvalue weighted by molar-refractivity contribution is 0.682. The zero-order valence-corrected chi connectivity index (χ0v) is 13.4. The average Bonchev–Trinajstić information content (AvgIpc) is 2.40. The van der Waals surface area contributed by atoms with Crippen LogP contribution < -0.4 is 17.6 Å². The summed E-state index contributed by atoms with van der Waals surface area (Å²) >= 11 is 4.09. The fourth-order valence-electron chi connectivity index (χ4n) is 1.57. The van der Waals surface area contributed by atoms with E-state index >= 15 is 0 Å². The summed E-state index contributed by atoms with van der Waals surface area (Å²) in [7, 11) is -0.822. The third-order valence-electron chi connectivity index (χ3n) is 2.34. The molecule has 114 valence electrons. The summed E-state index contributed by atoms with van der Waals surface area (Å²) in [5, 5.41) is 0.000000000000000222. The van der Waals surface area contributed by atoms with Crippen LogP contribution in [0.4, 0.5) is 0 Å². The second kappa shape index (κ2) is 11.0. The molecule has 4 nitrogen and oxygen atoms in total. The maximum atomic E-state index is 11.9. The van der Waals surface area contributed by atoms with Gasteiger partial charge in [-0.15, -0.1) is 0 Å². The van der Waals surface area contributed by atoms with E-state index in [1.165, 1.54) is 0 Å². The Morgan fingerprint density at radius 3 is 1.43 bits per heavy atom. The number of thiocarbonyl (C=S) groups is 1. The van der Waals surface area contributed by atoms with Gasteiger partial charge in [-0.3, -0.25) is 4.21 Å². The van der Waals surface area contributed by atoms with Gasteiger partial charge in [-0.1, -0.05) is 60.7 Å². The van der Waals surface area contributed by atoms with Gasteiger partial charge in [0.15, 0.2) is 5.11 Å². The zero-order valence-electron chi connectivity index (χ0n) is 11.8. The topological polar surface area (TPSA) is 104 Å². The summed E-state index contributed by atoms with van der Waals surface area (Å²) in [5.74, 6) is 1.27. The molecule has 0 saturated carbocycles. The van der Waals surface area contributed by atoms with Crippen LogP contribution in [0.3, 0.4) is 0 Å². The molecule has 0 aliphatic heterocycles. The van der Waals surface area contributed by atoms with Gasteiger partial charge in [0.25, 0.3) is 0 Å². The molecule has 0 unspecified atom stereocenters. The van der Waals surface area contributed by atoms with Crippen LogP contribution in [0.15, 0.2) is 60.7 Å². The van der Waals surface area contributed by atoms with Gasteiger partial charge in [0.2, 0.25) is 0 Å². The Labute approximate surface area is 133 Å². The van der Waals surface area contributed by atoms with E-state index in [-0.39, 0.29) is 11.3 Å². The lowest BCUT2D eigenvalue weighted by atomic mass is 10.2. The standard InChI is InChI=1S/C14H14OS.CH4N2S.H3N/c15-16(11-13-7-3-1-4-8-13)12-14-9-5-2-6-10-14;2-1(3)4;/h1-10H,11-12H2;(H4,2,3,4);1H3. The Hall–Kier alpha value is -1.76. The Morgan fingerprint density at radius 2 is 1.14 bits per heavy atom. The summed E-state index contributed by atoms with van der Waals surface area (Å²) < 4.78 is 11.9. The molecule has 0 aliphatic rings. The fraction of sp³-hybridized carbons (Fsp3) is 0.133. The Balaban J connectivity index is 0.000000715. The summed E-state index contributed by atoms with van der Waals surface area (Å²) in [6.07, 6.45) is 0. The van der Waals surface area contributed by atoms with Gasteiger partial charge in [0.1, 0.15) is 0 Å². The van der Waals surface area contributed by atoms with Crippen LogP contribution in [0, 0.1) is 0 Å². The highest BCUT2D eigenvalue weighted by molar-refractivity contribution is 7.83. The molecule has 2 rings (SSSR count). The molecule has 7 N–H and O–H groups in total. The number of hydrogen-bond donors (Lipinski definition) is 3. The molecule has 0 radical (unpaired) electrons. The molecule has 0 aromatic heterocycles. The van der Waals surface area contributed by atoms with Crippen molar-refractivity contribution >= 4 is 28.1 Å². The van der Waals surface area contributed by atoms with E-state index in [1.807, 2.05) is 60.7 Å². The minimum Gasteiger partial charge on any atom is -0.377 e. The first-order valence-corrected chi connectivity index (χ1v) is 7.95. The van der Waals surface area contributed by atoms with Crippen LogP contribution in [0.1, 0.15) is 11.1 Å². The summed E-state index contributed by atoms with van der Waals surface area (Å²) in [6.45, 7) is 0. The van der Waals surface area contributed by atoms with E-state index in [9.17, 15) is 4.21 Å². The first-order chi connectivity index (χ1) is 9.58. The molecule has 0 saturated heterocycles. The molecular weight excluding hydrogens is 302 g/mol. The molecule has 2 aromatic rings. The van der Waals surface area contributed by atoms with Crippen molar-refractivity contribution in [3.8, 4) is 0 Å². The van der Waals surface area contributed by atoms with Gasteiger partial charge in [0, 0.05) is 22.3 Å². The van der Waals surface area contributed by atoms with Gasteiger partial charge in [-0.05, 0) is 23.3 Å². The second-order valence-electron chi connectivity index (χ2n) is 4.10. The monoisotopic (exact) mass is 323 g/mol. The molecule has 0 atom stereocenters. The van der Waals surface area contributed by atoms with Crippen LogP contribution >= 0.6 is 12.2 Å². The SMILES string of the molecule is N.NC(N)=S.O=S(Cc1ccccc1)Cc1ccccc1. The van der Waals surface area contributed by atoms with E-state index in [4.69, 9.17) is 0 Å². The molecule has 0 aliphatic carbocycles. The lowest BCUT2D eigenvalue weighted by Gasteiger charge is -2.02. The molecule has 6 heteroatoms. The maximum absolute atomic E-state index is 11.9. The predicted molar refractivity (Wildman–Crippen MR) is 94.4 cm³/mol. The average molecular weight is 323 g/mol. The van der Waals surface area contributed by atoms with Crippen LogP contribution in [0.25, 0.3) is 0 Å². The molecule has 21 heavy (non-hydrogen) atoms. The third kappa shape index (κ3) is 9.73. The van der Waals surface area contributed by atoms with E-state index in [0.29, 0.717) is 11.5 Å². The van der Waals surface area contributed by atoms with Crippen molar-refractivity contribution in [2.75, 3.05) is 0 Å². The van der Waals surface area contributed by atoms with Gasteiger partial charge in [0.05, 0.1) is 0 Å². The van der Waals surface area contributed by atoms with E-state index in [2.05, 4.69) is 23.7 Å². The van der Waals surface area contributed by atoms with E-state index < -0.39 is 10.8 Å². The first kappa shape index (κ1) is 19.2. The number of benzene rings is 2. The number of rotatable bonds is 4. The molecule has 0 amide bonds. The lowest BCUT2D eigenvalue weighted by Crippen LogP contribution is -2.18. The normalized spacial score (nSPS) is 9.19. The van der Waals surface area contributed by atoms with Gasteiger partial charge in [-0.25, -0.2) is 0 Å². The Kier molecular flexibility index (Phi) is 10.0. The van der Waals surface area contributed by atoms with Crippen LogP contribution in [0.5, 0.6) is 0 Å². The van der Waals surface area contributed by atoms with Crippen molar-refractivity contribution in [1.29, 1.82) is 0 Å². The second-order valence-corrected chi connectivity index (χ2v) is 6.03. The van der Waals surface area contributed by atoms with E-state index in [0.717, 1.165) is 11.1 Å². The van der Waals surface area contributed by atoms with Gasteiger partial charge < -0.3 is 17.6 Å². The summed E-state index contributed by atoms with van der Waals surface area (Å²) in [6, 6.07) is 19.9. The van der Waals surface area contributed by atoms with Gasteiger partial charge in [-0.2, -0.15) is 0 Å². The van der Waals surface area contributed by atoms with Crippen molar-refractivity contribution in [3.63, 3.8) is 0 Å². The number of nitrogens with two attached hydrogens (primary N) is 2. The minimum atomic E-state index is -0.822. The molecule has 0 spiro atoms. The zero-order chi connectivity index (χ0) is 14.8. The number of hydrogen-bond acceptors (Lipinski definition) is 3. The molecule has 0 fully saturated rings. The quantitative estimate of drug-likeness (QED) is 0.750. The molecular formula is C15H21N3OS2. The third-order valence-corrected chi connectivity index (χ3v) is 3.65. The van der Waals surface area contributed by atoms with Crippen molar-refractivity contribution in [3.05, 3.63) is 71.8 Å². The minimum absolute atomic E-state index is 0. The van der Waals surface area contributed by atoms with Crippen molar-refractivity contribution in [2.24, 2.45) is 11.5 Å². The summed E-state index contributed by atoms with van der Waals surface area (Å²) in [5.41, 5.74) is 11.5. The highest BCUT2D eigenvalue weighted by Crippen LogP contribution is 2.08. The molecule has 0 heterocycles. The fourth-order valence-corrected chi connectivity index (χ4v) is 2.80. The Morgan fingerprint density at radius 1 is 0.857 bits per heavy atom. The van der Waals surface area contributed by atoms with Crippen molar-refractivity contribution in [1.82, 2.24) is 6.15 Å². The first-order valence-electron chi connectivity index (χ1n) is 6.05. The van der Waals surface area contributed by atoms with E-state index in [1.54, 1.807) is 0 Å². The van der Waals surface area contributed by atoms with Gasteiger partial charge >= 0.3 is 0 Å². The predicted octanol–water partition coefficient (Wildman–Crippen LogP) is 2.49. The van der Waals surface area contributed by atoms with Crippen molar-refractivity contribution < 1.29 is 4.21 Å². The maximum Gasteiger partial charge on any atom is 0.160 e. The molecule has 0 bridgehead atoms. The van der Waals surface area contributed by atoms with Crippen LogP contribution in [-0.2, 0) is 22.3 Å². The smallest absolute Gasteiger partial charge is 0.160 e. The largest absolute Gasteiger partial charge is 0.377 e. The van der Waals surface area contributed by atoms with Crippen molar-refractivity contribution in [2.45, 2.75) is 11.5 Å².